The molecule has 1 aromatic rings. The SMILES string of the molecule is CS(=O)(=O)OC[C@@H]1O[C@H](n2cc(/C=C/Br)c(=O)[nH]c2=O)CC1Cl. The summed E-state index contributed by atoms with van der Waals surface area (Å²) in [5, 5.41) is -0.532. The van der Waals surface area contributed by atoms with Crippen molar-refractivity contribution in [1.82, 2.24) is 9.55 Å². The summed E-state index contributed by atoms with van der Waals surface area (Å²) in [7, 11) is -3.61. The first-order valence-corrected chi connectivity index (χ1v) is 9.64. The Bertz CT molecular complexity index is 818. The van der Waals surface area contributed by atoms with Gasteiger partial charge in [-0.05, 0) is 11.1 Å². The van der Waals surface area contributed by atoms with Crippen LogP contribution in [0.5, 0.6) is 0 Å². The van der Waals surface area contributed by atoms with Crippen molar-refractivity contribution in [3.8, 4) is 0 Å². The predicted molar refractivity (Wildman–Crippen MR) is 88.2 cm³/mol. The van der Waals surface area contributed by atoms with Crippen LogP contribution in [0.4, 0.5) is 0 Å². The number of ether oxygens (including phenoxy) is 1. The highest BCUT2D eigenvalue weighted by Crippen LogP contribution is 2.31. The third kappa shape index (κ3) is 4.77. The minimum Gasteiger partial charge on any atom is -0.351 e. The molecule has 0 aromatic carbocycles. The summed E-state index contributed by atoms with van der Waals surface area (Å²) in [6.45, 7) is -0.240. The Morgan fingerprint density at radius 2 is 2.26 bits per heavy atom. The fourth-order valence-electron chi connectivity index (χ4n) is 2.10. The van der Waals surface area contributed by atoms with E-state index in [1.165, 1.54) is 21.8 Å². The number of nitrogens with one attached hydrogen (secondary N) is 1. The maximum atomic E-state index is 11.9. The molecule has 0 bridgehead atoms. The first-order chi connectivity index (χ1) is 10.7. The van der Waals surface area contributed by atoms with E-state index in [1.807, 2.05) is 0 Å². The molecule has 1 aliphatic rings. The summed E-state index contributed by atoms with van der Waals surface area (Å²) in [5.41, 5.74) is -0.911. The van der Waals surface area contributed by atoms with Crippen LogP contribution in [0.25, 0.3) is 6.08 Å². The van der Waals surface area contributed by atoms with Crippen molar-refractivity contribution in [3.05, 3.63) is 37.6 Å². The summed E-state index contributed by atoms with van der Waals surface area (Å²) >= 11 is 9.19. The fraction of sp³-hybridized carbons (Fsp3) is 0.500. The molecule has 1 fully saturated rings. The van der Waals surface area contributed by atoms with Gasteiger partial charge in [0.05, 0.1) is 23.8 Å². The average molecular weight is 430 g/mol. The number of hydrogen-bond donors (Lipinski definition) is 1. The van der Waals surface area contributed by atoms with Gasteiger partial charge in [0.2, 0.25) is 0 Å². The summed E-state index contributed by atoms with van der Waals surface area (Å²) in [4.78, 5) is 27.2. The van der Waals surface area contributed by atoms with Gasteiger partial charge in [0.25, 0.3) is 15.7 Å². The lowest BCUT2D eigenvalue weighted by Gasteiger charge is -2.16. The number of hydrogen-bond acceptors (Lipinski definition) is 6. The second-order valence-corrected chi connectivity index (χ2v) is 7.65. The highest BCUT2D eigenvalue weighted by Gasteiger charge is 2.36. The quantitative estimate of drug-likeness (QED) is 0.547. The van der Waals surface area contributed by atoms with Gasteiger partial charge in [-0.2, -0.15) is 8.42 Å². The fourth-order valence-corrected chi connectivity index (χ4v) is 3.05. The van der Waals surface area contributed by atoms with E-state index in [0.29, 0.717) is 0 Å². The van der Waals surface area contributed by atoms with E-state index >= 15 is 0 Å². The van der Waals surface area contributed by atoms with E-state index in [4.69, 9.17) is 16.3 Å². The minimum absolute atomic E-state index is 0.240. The van der Waals surface area contributed by atoms with Gasteiger partial charge >= 0.3 is 5.69 Å². The van der Waals surface area contributed by atoms with Crippen LogP contribution in [0.1, 0.15) is 18.2 Å². The summed E-state index contributed by atoms with van der Waals surface area (Å²) < 4.78 is 33.5. The zero-order chi connectivity index (χ0) is 17.2. The van der Waals surface area contributed by atoms with Gasteiger partial charge in [-0.25, -0.2) is 4.79 Å². The Kier molecular flexibility index (Phi) is 5.84. The van der Waals surface area contributed by atoms with Crippen molar-refractivity contribution in [3.63, 3.8) is 0 Å². The lowest BCUT2D eigenvalue weighted by Crippen LogP contribution is -2.33. The van der Waals surface area contributed by atoms with E-state index in [0.717, 1.165) is 6.26 Å². The normalized spacial score (nSPS) is 25.3. The van der Waals surface area contributed by atoms with Crippen molar-refractivity contribution in [1.29, 1.82) is 0 Å². The van der Waals surface area contributed by atoms with Crippen LogP contribution < -0.4 is 11.2 Å². The molecule has 128 valence electrons. The second kappa shape index (κ2) is 7.31. The molecule has 1 N–H and O–H groups in total. The summed E-state index contributed by atoms with van der Waals surface area (Å²) in [5.74, 6) is 0. The lowest BCUT2D eigenvalue weighted by atomic mass is 10.2. The molecule has 8 nitrogen and oxygen atoms in total. The van der Waals surface area contributed by atoms with Crippen LogP contribution in [-0.4, -0.2) is 42.3 Å². The number of aromatic amines is 1. The Labute approximate surface area is 145 Å². The van der Waals surface area contributed by atoms with Crippen LogP contribution in [0.15, 0.2) is 20.8 Å². The largest absolute Gasteiger partial charge is 0.351 e. The molecule has 2 heterocycles. The van der Waals surface area contributed by atoms with Crippen molar-refractivity contribution in [2.24, 2.45) is 0 Å². The minimum atomic E-state index is -3.61. The van der Waals surface area contributed by atoms with Gasteiger partial charge in [-0.3, -0.25) is 18.5 Å². The van der Waals surface area contributed by atoms with E-state index in [1.54, 1.807) is 0 Å². The summed E-state index contributed by atoms with van der Waals surface area (Å²) in [6, 6.07) is 0. The molecule has 1 unspecified atom stereocenters. The number of H-pyrrole nitrogens is 1. The molecule has 3 atom stereocenters. The molecule has 11 heteroatoms. The maximum absolute atomic E-state index is 11.9. The van der Waals surface area contributed by atoms with Crippen LogP contribution in [0, 0.1) is 0 Å². The number of rotatable bonds is 5. The first kappa shape index (κ1) is 18.4. The van der Waals surface area contributed by atoms with Crippen LogP contribution in [-0.2, 0) is 19.0 Å². The Morgan fingerprint density at radius 3 is 2.87 bits per heavy atom. The predicted octanol–water partition coefficient (Wildman–Crippen LogP) is 0.773. The van der Waals surface area contributed by atoms with Crippen LogP contribution >= 0.6 is 27.5 Å². The molecular weight excluding hydrogens is 416 g/mol. The van der Waals surface area contributed by atoms with Crippen molar-refractivity contribution in [2.75, 3.05) is 12.9 Å². The highest BCUT2D eigenvalue weighted by atomic mass is 79.9. The molecule has 1 saturated heterocycles. The molecule has 1 aromatic heterocycles. The smallest absolute Gasteiger partial charge is 0.330 e. The average Bonchev–Trinajstić information content (AvgIpc) is 2.80. The Morgan fingerprint density at radius 1 is 1.57 bits per heavy atom. The van der Waals surface area contributed by atoms with Crippen LogP contribution in [0.2, 0.25) is 0 Å². The molecule has 0 saturated carbocycles. The molecule has 0 amide bonds. The molecule has 0 radical (unpaired) electrons. The van der Waals surface area contributed by atoms with Gasteiger partial charge in [0.15, 0.2) is 0 Å². The third-order valence-electron chi connectivity index (χ3n) is 3.16. The zero-order valence-electron chi connectivity index (χ0n) is 11.9. The van der Waals surface area contributed by atoms with E-state index in [2.05, 4.69) is 25.1 Å². The van der Waals surface area contributed by atoms with Gasteiger partial charge in [0, 0.05) is 12.6 Å². The monoisotopic (exact) mass is 428 g/mol. The lowest BCUT2D eigenvalue weighted by molar-refractivity contribution is -0.0183. The van der Waals surface area contributed by atoms with Crippen molar-refractivity contribution in [2.45, 2.75) is 24.1 Å². The van der Waals surface area contributed by atoms with Crippen molar-refractivity contribution < 1.29 is 17.3 Å². The molecule has 0 spiro atoms. The number of alkyl halides is 1. The second-order valence-electron chi connectivity index (χ2n) is 4.91. The topological polar surface area (TPSA) is 107 Å². The Hall–Kier alpha value is -0.940. The van der Waals surface area contributed by atoms with E-state index in [-0.39, 0.29) is 18.6 Å². The van der Waals surface area contributed by atoms with Gasteiger partial charge < -0.3 is 4.74 Å². The molecule has 2 rings (SSSR count). The molecule has 0 aliphatic carbocycles. The van der Waals surface area contributed by atoms with Gasteiger partial charge in [-0.15, -0.1) is 11.6 Å². The Balaban J connectivity index is 2.22. The van der Waals surface area contributed by atoms with E-state index < -0.39 is 39.1 Å². The molecule has 1 aliphatic heterocycles. The number of halogens is 2. The first-order valence-electron chi connectivity index (χ1n) is 6.47. The highest BCUT2D eigenvalue weighted by molar-refractivity contribution is 9.11. The van der Waals surface area contributed by atoms with Crippen molar-refractivity contribution >= 4 is 43.7 Å². The standard InChI is InChI=1S/C12H14BrClN2O6S/c1-23(19,20)21-6-9-8(14)4-10(22-9)16-5-7(2-3-13)11(17)15-12(16)18/h2-3,5,8-10H,4,6H2,1H3,(H,15,17,18)/b3-2+/t8?,9-,10-/m0/s1. The number of aromatic nitrogens is 2. The van der Waals surface area contributed by atoms with Gasteiger partial charge in [-0.1, -0.05) is 15.9 Å². The molecule has 23 heavy (non-hydrogen) atoms. The van der Waals surface area contributed by atoms with Gasteiger partial charge in [0.1, 0.15) is 12.3 Å². The van der Waals surface area contributed by atoms with Crippen LogP contribution in [0.3, 0.4) is 0 Å². The maximum Gasteiger partial charge on any atom is 0.330 e. The zero-order valence-corrected chi connectivity index (χ0v) is 15.1. The molecular formula is C12H14BrClN2O6S. The number of nitrogens with zero attached hydrogens (tertiary/aromatic N) is 1. The third-order valence-corrected chi connectivity index (χ3v) is 4.44. The summed E-state index contributed by atoms with van der Waals surface area (Å²) in [6.07, 6.45) is 2.61. The van der Waals surface area contributed by atoms with E-state index in [9.17, 15) is 18.0 Å².